The van der Waals surface area contributed by atoms with Crippen molar-refractivity contribution in [1.82, 2.24) is 0 Å². The van der Waals surface area contributed by atoms with Crippen LogP contribution in [0, 0.1) is 5.82 Å². The van der Waals surface area contributed by atoms with E-state index in [2.05, 4.69) is 15.7 Å². The highest BCUT2D eigenvalue weighted by molar-refractivity contribution is 7.12. The number of nitrogens with one attached hydrogen (secondary N) is 2. The van der Waals surface area contributed by atoms with Gasteiger partial charge in [-0.15, -0.1) is 11.3 Å². The van der Waals surface area contributed by atoms with Crippen LogP contribution in [0.3, 0.4) is 0 Å². The van der Waals surface area contributed by atoms with Crippen LogP contribution in [0.2, 0.25) is 0 Å². The van der Waals surface area contributed by atoms with Crippen molar-refractivity contribution in [1.29, 1.82) is 0 Å². The highest BCUT2D eigenvalue weighted by Crippen LogP contribution is 2.25. The van der Waals surface area contributed by atoms with Gasteiger partial charge >= 0.3 is 0 Å². The van der Waals surface area contributed by atoms with Crippen LogP contribution in [-0.2, 0) is 9.59 Å². The summed E-state index contributed by atoms with van der Waals surface area (Å²) in [4.78, 5) is 37.2. The minimum absolute atomic E-state index is 0.0213. The maximum Gasteiger partial charge on any atom is 0.271 e. The van der Waals surface area contributed by atoms with Crippen molar-refractivity contribution < 1.29 is 18.8 Å². The third kappa shape index (κ3) is 4.65. The average Bonchev–Trinajstić information content (AvgIpc) is 3.46. The SMILES string of the molecule is NC(=O)C1CC(C(=O)Nc2ccc(NC(=O)c3cccs3)cc2)=NN1c1ccc(F)cc1. The number of carbonyl (C=O) groups excluding carboxylic acids is 3. The Labute approximate surface area is 186 Å². The van der Waals surface area contributed by atoms with E-state index in [1.165, 1.54) is 40.6 Å². The summed E-state index contributed by atoms with van der Waals surface area (Å²) in [6, 6.07) is 14.7. The molecule has 3 amide bonds. The smallest absolute Gasteiger partial charge is 0.271 e. The molecule has 162 valence electrons. The number of anilines is 3. The van der Waals surface area contributed by atoms with E-state index >= 15 is 0 Å². The standard InChI is InChI=1S/C22H18FN5O3S/c23-13-3-9-16(10-4-13)28-18(20(24)29)12-17(27-28)21(30)25-14-5-7-15(8-6-14)26-22(31)19-2-1-11-32-19/h1-11,18H,12H2,(H2,24,29)(H,25,30)(H,26,31). The minimum Gasteiger partial charge on any atom is -0.368 e. The van der Waals surface area contributed by atoms with Gasteiger partial charge in [-0.05, 0) is 60.0 Å². The van der Waals surface area contributed by atoms with Gasteiger partial charge in [0.25, 0.3) is 11.8 Å². The Kier molecular flexibility index (Phi) is 5.95. The van der Waals surface area contributed by atoms with Crippen LogP contribution in [0.1, 0.15) is 16.1 Å². The summed E-state index contributed by atoms with van der Waals surface area (Å²) in [5.41, 5.74) is 7.10. The van der Waals surface area contributed by atoms with Gasteiger partial charge in [0, 0.05) is 17.8 Å². The number of halogens is 1. The number of hydrazone groups is 1. The molecule has 0 saturated heterocycles. The highest BCUT2D eigenvalue weighted by atomic mass is 32.1. The molecular formula is C22H18FN5O3S. The van der Waals surface area contributed by atoms with Crippen LogP contribution in [0.4, 0.5) is 21.5 Å². The Bertz CT molecular complexity index is 1180. The molecule has 0 aliphatic carbocycles. The van der Waals surface area contributed by atoms with Crippen molar-refractivity contribution >= 4 is 51.8 Å². The second-order valence-corrected chi connectivity index (χ2v) is 7.90. The summed E-state index contributed by atoms with van der Waals surface area (Å²) < 4.78 is 13.2. The van der Waals surface area contributed by atoms with Gasteiger partial charge in [0.2, 0.25) is 5.91 Å². The van der Waals surface area contributed by atoms with Gasteiger partial charge in [0.1, 0.15) is 17.6 Å². The van der Waals surface area contributed by atoms with Crippen LogP contribution in [0.5, 0.6) is 0 Å². The fourth-order valence-electron chi connectivity index (χ4n) is 3.14. The number of rotatable bonds is 6. The summed E-state index contributed by atoms with van der Waals surface area (Å²) in [6.45, 7) is 0. The molecule has 2 heterocycles. The zero-order valence-corrected chi connectivity index (χ0v) is 17.4. The number of thiophene rings is 1. The van der Waals surface area contributed by atoms with Crippen molar-refractivity contribution in [3.63, 3.8) is 0 Å². The zero-order valence-electron chi connectivity index (χ0n) is 16.6. The lowest BCUT2D eigenvalue weighted by atomic mass is 10.1. The molecule has 32 heavy (non-hydrogen) atoms. The number of primary amides is 1. The Hall–Kier alpha value is -4.05. The van der Waals surface area contributed by atoms with Gasteiger partial charge in [-0.1, -0.05) is 6.07 Å². The Balaban J connectivity index is 1.43. The number of nitrogens with zero attached hydrogens (tertiary/aromatic N) is 2. The number of hydrogen-bond acceptors (Lipinski definition) is 6. The molecule has 0 radical (unpaired) electrons. The topological polar surface area (TPSA) is 117 Å². The summed E-state index contributed by atoms with van der Waals surface area (Å²) in [5, 5.41) is 12.9. The van der Waals surface area contributed by atoms with Gasteiger partial charge in [0.15, 0.2) is 0 Å². The summed E-state index contributed by atoms with van der Waals surface area (Å²) in [5.74, 6) is -1.78. The van der Waals surface area contributed by atoms with E-state index in [1.807, 2.05) is 5.38 Å². The van der Waals surface area contributed by atoms with E-state index in [-0.39, 0.29) is 18.0 Å². The van der Waals surface area contributed by atoms with Crippen LogP contribution < -0.4 is 21.4 Å². The molecule has 0 saturated carbocycles. The lowest BCUT2D eigenvalue weighted by Gasteiger charge is -2.20. The van der Waals surface area contributed by atoms with E-state index in [0.29, 0.717) is 21.9 Å². The molecular weight excluding hydrogens is 433 g/mol. The summed E-state index contributed by atoms with van der Waals surface area (Å²) in [7, 11) is 0. The first-order chi connectivity index (χ1) is 15.4. The van der Waals surface area contributed by atoms with Gasteiger partial charge < -0.3 is 16.4 Å². The van der Waals surface area contributed by atoms with E-state index in [0.717, 1.165) is 0 Å². The second kappa shape index (κ2) is 8.98. The molecule has 3 aromatic rings. The first kappa shape index (κ1) is 21.2. The number of carbonyl (C=O) groups is 3. The van der Waals surface area contributed by atoms with Crippen molar-refractivity contribution in [2.24, 2.45) is 10.8 Å². The van der Waals surface area contributed by atoms with Crippen molar-refractivity contribution in [3.8, 4) is 0 Å². The molecule has 2 aromatic carbocycles. The largest absolute Gasteiger partial charge is 0.368 e. The minimum atomic E-state index is -0.851. The monoisotopic (exact) mass is 451 g/mol. The predicted octanol–water partition coefficient (Wildman–Crippen LogP) is 3.20. The highest BCUT2D eigenvalue weighted by Gasteiger charge is 2.35. The molecule has 0 bridgehead atoms. The number of amides is 3. The molecule has 1 aromatic heterocycles. The maximum absolute atomic E-state index is 13.2. The van der Waals surface area contributed by atoms with Crippen LogP contribution in [-0.4, -0.2) is 29.5 Å². The normalized spacial score (nSPS) is 15.2. The van der Waals surface area contributed by atoms with Gasteiger partial charge in [-0.25, -0.2) is 4.39 Å². The number of benzene rings is 2. The Morgan fingerprint density at radius 3 is 2.16 bits per heavy atom. The molecule has 4 N–H and O–H groups in total. The van der Waals surface area contributed by atoms with Crippen LogP contribution >= 0.6 is 11.3 Å². The lowest BCUT2D eigenvalue weighted by Crippen LogP contribution is -2.39. The van der Waals surface area contributed by atoms with Gasteiger partial charge in [-0.3, -0.25) is 19.4 Å². The van der Waals surface area contributed by atoms with Gasteiger partial charge in [-0.2, -0.15) is 5.10 Å². The maximum atomic E-state index is 13.2. The third-order valence-corrected chi connectivity index (χ3v) is 5.61. The first-order valence-electron chi connectivity index (χ1n) is 9.58. The lowest BCUT2D eigenvalue weighted by molar-refractivity contribution is -0.119. The van der Waals surface area contributed by atoms with E-state index in [4.69, 9.17) is 5.73 Å². The Morgan fingerprint density at radius 2 is 1.59 bits per heavy atom. The first-order valence-corrected chi connectivity index (χ1v) is 10.5. The summed E-state index contributed by atoms with van der Waals surface area (Å²) >= 11 is 1.34. The van der Waals surface area contributed by atoms with E-state index in [9.17, 15) is 18.8 Å². The molecule has 0 fully saturated rings. The molecule has 8 nitrogen and oxygen atoms in total. The predicted molar refractivity (Wildman–Crippen MR) is 121 cm³/mol. The second-order valence-electron chi connectivity index (χ2n) is 6.95. The number of nitrogens with two attached hydrogens (primary N) is 1. The molecule has 1 atom stereocenters. The summed E-state index contributed by atoms with van der Waals surface area (Å²) in [6.07, 6.45) is 0.0213. The molecule has 1 aliphatic rings. The zero-order chi connectivity index (χ0) is 22.7. The van der Waals surface area contributed by atoms with Crippen molar-refractivity contribution in [2.45, 2.75) is 12.5 Å². The van der Waals surface area contributed by atoms with Gasteiger partial charge in [0.05, 0.1) is 10.6 Å². The molecule has 0 spiro atoms. The van der Waals surface area contributed by atoms with Crippen molar-refractivity contribution in [3.05, 3.63) is 76.7 Å². The van der Waals surface area contributed by atoms with E-state index < -0.39 is 23.7 Å². The number of hydrogen-bond donors (Lipinski definition) is 3. The third-order valence-electron chi connectivity index (χ3n) is 4.74. The molecule has 10 heteroatoms. The fraction of sp³-hybridized carbons (Fsp3) is 0.0909. The van der Waals surface area contributed by atoms with Crippen LogP contribution in [0.15, 0.2) is 71.1 Å². The Morgan fingerprint density at radius 1 is 0.969 bits per heavy atom. The quantitative estimate of drug-likeness (QED) is 0.534. The molecule has 1 aliphatic heterocycles. The average molecular weight is 451 g/mol. The van der Waals surface area contributed by atoms with Crippen LogP contribution in [0.25, 0.3) is 0 Å². The molecule has 4 rings (SSSR count). The van der Waals surface area contributed by atoms with Crippen molar-refractivity contribution in [2.75, 3.05) is 15.6 Å². The molecule has 1 unspecified atom stereocenters. The fourth-order valence-corrected chi connectivity index (χ4v) is 3.76. The van der Waals surface area contributed by atoms with E-state index in [1.54, 1.807) is 36.4 Å².